The molecule has 0 amide bonds. The Morgan fingerprint density at radius 1 is 0.853 bits per heavy atom. The van der Waals surface area contributed by atoms with Gasteiger partial charge in [0.2, 0.25) is 0 Å². The molecule has 0 radical (unpaired) electrons. The largest absolute Gasteiger partial charge is 0.462 e. The lowest BCUT2D eigenvalue weighted by Crippen LogP contribution is -2.22. The van der Waals surface area contributed by atoms with Crippen molar-refractivity contribution in [3.63, 3.8) is 0 Å². The SMILES string of the molecule is C=CC(=O)OCC(COC(=O)C=C)Cc1ccc(-c2ccc([C@H]3CC[C@H](CC)CC3)cc2)cc1. The Morgan fingerprint density at radius 3 is 1.82 bits per heavy atom. The summed E-state index contributed by atoms with van der Waals surface area (Å²) in [5, 5.41) is 0. The third-order valence-electron chi connectivity index (χ3n) is 6.87. The van der Waals surface area contributed by atoms with Gasteiger partial charge >= 0.3 is 11.9 Å². The topological polar surface area (TPSA) is 52.6 Å². The maximum absolute atomic E-state index is 11.5. The molecule has 4 nitrogen and oxygen atoms in total. The molecule has 0 aromatic heterocycles. The summed E-state index contributed by atoms with van der Waals surface area (Å²) in [6.45, 7) is 9.44. The second-order valence-electron chi connectivity index (χ2n) is 9.18. The van der Waals surface area contributed by atoms with Crippen LogP contribution < -0.4 is 0 Å². The molecule has 34 heavy (non-hydrogen) atoms. The Hall–Kier alpha value is -3.14. The molecule has 0 atom stereocenters. The average Bonchev–Trinajstić information content (AvgIpc) is 2.90. The maximum atomic E-state index is 11.5. The van der Waals surface area contributed by atoms with Gasteiger partial charge in [-0.25, -0.2) is 9.59 Å². The van der Waals surface area contributed by atoms with E-state index in [1.54, 1.807) is 0 Å². The maximum Gasteiger partial charge on any atom is 0.330 e. The Balaban J connectivity index is 1.60. The molecule has 0 N–H and O–H groups in total. The Morgan fingerprint density at radius 2 is 1.35 bits per heavy atom. The van der Waals surface area contributed by atoms with Gasteiger partial charge in [-0.3, -0.25) is 0 Å². The molecular weight excluding hydrogens is 424 g/mol. The third kappa shape index (κ3) is 7.44. The van der Waals surface area contributed by atoms with Crippen molar-refractivity contribution in [2.45, 2.75) is 51.4 Å². The average molecular weight is 461 g/mol. The molecule has 2 aromatic carbocycles. The van der Waals surface area contributed by atoms with Crippen LogP contribution in [0.15, 0.2) is 73.8 Å². The highest BCUT2D eigenvalue weighted by molar-refractivity contribution is 5.81. The van der Waals surface area contributed by atoms with E-state index in [0.717, 1.165) is 29.2 Å². The molecule has 0 saturated heterocycles. The molecule has 4 heteroatoms. The van der Waals surface area contributed by atoms with Crippen LogP contribution in [0.2, 0.25) is 0 Å². The third-order valence-corrected chi connectivity index (χ3v) is 6.87. The van der Waals surface area contributed by atoms with Crippen LogP contribution in [0.1, 0.15) is 56.1 Å². The lowest BCUT2D eigenvalue weighted by Gasteiger charge is -2.28. The van der Waals surface area contributed by atoms with E-state index in [0.29, 0.717) is 12.3 Å². The smallest absolute Gasteiger partial charge is 0.330 e. The summed E-state index contributed by atoms with van der Waals surface area (Å²) in [5.41, 5.74) is 4.91. The van der Waals surface area contributed by atoms with Crippen LogP contribution in [-0.4, -0.2) is 25.2 Å². The van der Waals surface area contributed by atoms with Gasteiger partial charge in [-0.1, -0.05) is 75.0 Å². The highest BCUT2D eigenvalue weighted by Gasteiger charge is 2.21. The van der Waals surface area contributed by atoms with Gasteiger partial charge in [0.15, 0.2) is 0 Å². The lowest BCUT2D eigenvalue weighted by atomic mass is 9.77. The van der Waals surface area contributed by atoms with Crippen molar-refractivity contribution >= 4 is 11.9 Å². The quantitative estimate of drug-likeness (QED) is 0.278. The molecule has 0 unspecified atom stereocenters. The van der Waals surface area contributed by atoms with Gasteiger partial charge in [-0.05, 0) is 66.2 Å². The number of ether oxygens (including phenoxy) is 2. The zero-order chi connectivity index (χ0) is 24.3. The second-order valence-corrected chi connectivity index (χ2v) is 9.18. The van der Waals surface area contributed by atoms with Crippen LogP contribution in [0, 0.1) is 11.8 Å². The number of carbonyl (C=O) groups is 2. The number of carbonyl (C=O) groups excluding carboxylic acids is 2. The summed E-state index contributed by atoms with van der Waals surface area (Å²) < 4.78 is 10.4. The Bertz CT molecular complexity index is 926. The fourth-order valence-electron chi connectivity index (χ4n) is 4.70. The van der Waals surface area contributed by atoms with Crippen molar-refractivity contribution in [1.82, 2.24) is 0 Å². The van der Waals surface area contributed by atoms with E-state index < -0.39 is 11.9 Å². The number of rotatable bonds is 11. The molecule has 1 fully saturated rings. The summed E-state index contributed by atoms with van der Waals surface area (Å²) in [6, 6.07) is 17.4. The molecule has 0 bridgehead atoms. The monoisotopic (exact) mass is 460 g/mol. The molecule has 180 valence electrons. The van der Waals surface area contributed by atoms with Gasteiger partial charge in [0.05, 0.1) is 13.2 Å². The van der Waals surface area contributed by atoms with Crippen molar-refractivity contribution in [3.05, 3.63) is 85.0 Å². The zero-order valence-corrected chi connectivity index (χ0v) is 20.2. The van der Waals surface area contributed by atoms with Crippen LogP contribution in [0.3, 0.4) is 0 Å². The Kier molecular flexibility index (Phi) is 9.69. The van der Waals surface area contributed by atoms with Crippen molar-refractivity contribution in [3.8, 4) is 11.1 Å². The van der Waals surface area contributed by atoms with Gasteiger partial charge in [0.1, 0.15) is 0 Å². The summed E-state index contributed by atoms with van der Waals surface area (Å²) in [4.78, 5) is 22.9. The predicted molar refractivity (Wildman–Crippen MR) is 136 cm³/mol. The van der Waals surface area contributed by atoms with Gasteiger partial charge in [-0.15, -0.1) is 0 Å². The van der Waals surface area contributed by atoms with E-state index in [1.165, 1.54) is 43.2 Å². The summed E-state index contributed by atoms with van der Waals surface area (Å²) in [7, 11) is 0. The fourth-order valence-corrected chi connectivity index (χ4v) is 4.70. The minimum Gasteiger partial charge on any atom is -0.462 e. The van der Waals surface area contributed by atoms with Crippen molar-refractivity contribution in [2.24, 2.45) is 11.8 Å². The normalized spacial score (nSPS) is 17.7. The molecular formula is C30H36O4. The first kappa shape index (κ1) is 25.5. The highest BCUT2D eigenvalue weighted by atomic mass is 16.5. The molecule has 0 spiro atoms. The van der Waals surface area contributed by atoms with Crippen LogP contribution in [0.25, 0.3) is 11.1 Å². The van der Waals surface area contributed by atoms with E-state index in [9.17, 15) is 9.59 Å². The molecule has 0 heterocycles. The van der Waals surface area contributed by atoms with E-state index in [2.05, 4.69) is 68.6 Å². The molecule has 2 aromatic rings. The molecule has 1 saturated carbocycles. The number of hydrogen-bond acceptors (Lipinski definition) is 4. The number of esters is 2. The van der Waals surface area contributed by atoms with Crippen LogP contribution in [0.5, 0.6) is 0 Å². The second kappa shape index (κ2) is 12.9. The summed E-state index contributed by atoms with van der Waals surface area (Å²) >= 11 is 0. The lowest BCUT2D eigenvalue weighted by molar-refractivity contribution is -0.142. The summed E-state index contributed by atoms with van der Waals surface area (Å²) in [5.74, 6) is 0.480. The minimum atomic E-state index is -0.489. The van der Waals surface area contributed by atoms with Crippen LogP contribution >= 0.6 is 0 Å². The van der Waals surface area contributed by atoms with Gasteiger partial charge in [0.25, 0.3) is 0 Å². The van der Waals surface area contributed by atoms with Crippen molar-refractivity contribution in [1.29, 1.82) is 0 Å². The van der Waals surface area contributed by atoms with Gasteiger partial charge in [-0.2, -0.15) is 0 Å². The summed E-state index contributed by atoms with van der Waals surface area (Å²) in [6.07, 6.45) is 9.49. The first-order chi connectivity index (χ1) is 16.5. The molecule has 0 aliphatic heterocycles. The predicted octanol–water partition coefficient (Wildman–Crippen LogP) is 6.65. The molecule has 3 rings (SSSR count). The van der Waals surface area contributed by atoms with Crippen LogP contribution in [0.4, 0.5) is 0 Å². The van der Waals surface area contributed by atoms with E-state index in [-0.39, 0.29) is 19.1 Å². The van der Waals surface area contributed by atoms with Crippen LogP contribution in [-0.2, 0) is 25.5 Å². The number of benzene rings is 2. The standard InChI is InChI=1S/C30H36O4/c1-4-22-7-11-25(12-8-22)27-15-17-28(18-16-27)26-13-9-23(10-14-26)19-24(20-33-29(31)5-2)21-34-30(32)6-3/h5-6,9-10,13-18,22,24-25H,2-4,7-8,11-12,19-21H2,1H3/t22-,25-. The van der Waals surface area contributed by atoms with Gasteiger partial charge in [0, 0.05) is 18.1 Å². The van der Waals surface area contributed by atoms with E-state index >= 15 is 0 Å². The highest BCUT2D eigenvalue weighted by Crippen LogP contribution is 2.37. The molecule has 1 aliphatic carbocycles. The van der Waals surface area contributed by atoms with Gasteiger partial charge < -0.3 is 9.47 Å². The number of hydrogen-bond donors (Lipinski definition) is 0. The first-order valence-corrected chi connectivity index (χ1v) is 12.3. The van der Waals surface area contributed by atoms with E-state index in [1.807, 2.05) is 0 Å². The van der Waals surface area contributed by atoms with Crippen molar-refractivity contribution in [2.75, 3.05) is 13.2 Å². The first-order valence-electron chi connectivity index (χ1n) is 12.3. The zero-order valence-electron chi connectivity index (χ0n) is 20.2. The molecule has 1 aliphatic rings. The van der Waals surface area contributed by atoms with Crippen molar-refractivity contribution < 1.29 is 19.1 Å². The minimum absolute atomic E-state index is 0.151. The van der Waals surface area contributed by atoms with E-state index in [4.69, 9.17) is 9.47 Å². The fraction of sp³-hybridized carbons (Fsp3) is 0.400. The Labute approximate surface area is 203 Å².